The van der Waals surface area contributed by atoms with Gasteiger partial charge in [-0.15, -0.1) is 11.8 Å². The molecule has 190 valence electrons. The van der Waals surface area contributed by atoms with Crippen molar-refractivity contribution in [3.05, 3.63) is 45.7 Å². The summed E-state index contributed by atoms with van der Waals surface area (Å²) < 4.78 is 9.92. The van der Waals surface area contributed by atoms with Crippen LogP contribution in [0.25, 0.3) is 0 Å². The number of carbonyl (C=O) groups is 3. The van der Waals surface area contributed by atoms with Gasteiger partial charge in [0.2, 0.25) is 5.95 Å². The number of nitrogens with two attached hydrogens (primary N) is 2. The molecule has 0 fully saturated rings. The number of anilines is 2. The summed E-state index contributed by atoms with van der Waals surface area (Å²) in [5.74, 6) is -0.838. The van der Waals surface area contributed by atoms with Crippen LogP contribution >= 0.6 is 11.8 Å². The summed E-state index contributed by atoms with van der Waals surface area (Å²) in [7, 11) is 0. The van der Waals surface area contributed by atoms with Gasteiger partial charge < -0.3 is 26.3 Å². The zero-order valence-electron chi connectivity index (χ0n) is 19.8. The van der Waals surface area contributed by atoms with Crippen molar-refractivity contribution in [3.63, 3.8) is 0 Å². The van der Waals surface area contributed by atoms with E-state index in [1.54, 1.807) is 32.0 Å². The van der Waals surface area contributed by atoms with Gasteiger partial charge in [0.25, 0.3) is 11.5 Å². The monoisotopic (exact) mass is 505 g/mol. The molecule has 0 spiro atoms. The normalized spacial score (nSPS) is 11.5. The molecule has 11 nitrogen and oxygen atoms in total. The molecule has 1 aromatic heterocycles. The lowest BCUT2D eigenvalue weighted by molar-refractivity contribution is -0.146. The minimum Gasteiger partial charge on any atom is -0.466 e. The summed E-state index contributed by atoms with van der Waals surface area (Å²) in [6, 6.07) is 6.05. The van der Waals surface area contributed by atoms with Crippen LogP contribution in [0.1, 0.15) is 49.0 Å². The van der Waals surface area contributed by atoms with Crippen molar-refractivity contribution >= 4 is 41.4 Å². The van der Waals surface area contributed by atoms with E-state index >= 15 is 0 Å². The maximum atomic E-state index is 12.8. The van der Waals surface area contributed by atoms with Gasteiger partial charge in [-0.2, -0.15) is 4.98 Å². The average Bonchev–Trinajstić information content (AvgIpc) is 2.81. The number of benzene rings is 1. The smallest absolute Gasteiger partial charge is 0.328 e. The number of aromatic amines is 1. The van der Waals surface area contributed by atoms with Gasteiger partial charge in [0.15, 0.2) is 0 Å². The molecule has 0 saturated heterocycles. The Morgan fingerprint density at radius 1 is 1.17 bits per heavy atom. The maximum absolute atomic E-state index is 12.8. The van der Waals surface area contributed by atoms with Crippen LogP contribution < -0.4 is 22.3 Å². The Kier molecular flexibility index (Phi) is 11.1. The standard InChI is InChI=1S/C23H31N5O6S/c1-3-33-17(29)11-10-16(22(32)34-4-2)26-20(30)15-9-5-7-14(13-15)8-6-12-35-18-19(24)27-23(25)28-21(18)31/h5,7,9,13,16H,3-4,6,8,10-12H2,1-2H3,(H,26,30)(H5,24,25,27,28,31)/t16-/m0/s1. The molecule has 0 bridgehead atoms. The topological polar surface area (TPSA) is 179 Å². The minimum atomic E-state index is -0.969. The first-order valence-electron chi connectivity index (χ1n) is 11.2. The van der Waals surface area contributed by atoms with Crippen LogP contribution in [-0.4, -0.2) is 52.8 Å². The van der Waals surface area contributed by atoms with Gasteiger partial charge in [-0.1, -0.05) is 12.1 Å². The van der Waals surface area contributed by atoms with Crippen LogP contribution in [0.5, 0.6) is 0 Å². The molecule has 1 heterocycles. The number of aryl methyl sites for hydroxylation is 1. The summed E-state index contributed by atoms with van der Waals surface area (Å²) in [5, 5.41) is 2.65. The predicted octanol–water partition coefficient (Wildman–Crippen LogP) is 1.66. The van der Waals surface area contributed by atoms with Crippen molar-refractivity contribution in [3.8, 4) is 0 Å². The lowest BCUT2D eigenvalue weighted by atomic mass is 10.1. The molecule has 0 aliphatic rings. The quantitative estimate of drug-likeness (QED) is 0.178. The van der Waals surface area contributed by atoms with Gasteiger partial charge >= 0.3 is 11.9 Å². The second kappa shape index (κ2) is 14.0. The van der Waals surface area contributed by atoms with Crippen LogP contribution in [0.4, 0.5) is 11.8 Å². The van der Waals surface area contributed by atoms with Crippen molar-refractivity contribution < 1.29 is 23.9 Å². The number of amides is 1. The fraction of sp³-hybridized carbons (Fsp3) is 0.435. The first-order valence-corrected chi connectivity index (χ1v) is 12.2. The van der Waals surface area contributed by atoms with Crippen molar-refractivity contribution in [2.45, 2.75) is 50.5 Å². The van der Waals surface area contributed by atoms with Crippen molar-refractivity contribution in [2.24, 2.45) is 0 Å². The number of esters is 2. The Labute approximate surface area is 207 Å². The number of nitrogen functional groups attached to an aromatic ring is 2. The molecule has 0 aliphatic carbocycles. The number of aromatic nitrogens is 2. The minimum absolute atomic E-state index is 0.0216. The van der Waals surface area contributed by atoms with E-state index in [1.807, 2.05) is 6.07 Å². The molecule has 35 heavy (non-hydrogen) atoms. The first-order chi connectivity index (χ1) is 16.7. The molecule has 6 N–H and O–H groups in total. The number of ether oxygens (including phenoxy) is 2. The van der Waals surface area contributed by atoms with Crippen molar-refractivity contribution in [1.29, 1.82) is 0 Å². The van der Waals surface area contributed by atoms with Crippen LogP contribution in [0.15, 0.2) is 34.0 Å². The van der Waals surface area contributed by atoms with Crippen LogP contribution in [0, 0.1) is 0 Å². The van der Waals surface area contributed by atoms with E-state index in [4.69, 9.17) is 20.9 Å². The largest absolute Gasteiger partial charge is 0.466 e. The number of carbonyl (C=O) groups excluding carboxylic acids is 3. The van der Waals surface area contributed by atoms with E-state index < -0.39 is 23.9 Å². The molecule has 0 radical (unpaired) electrons. The molecule has 1 aromatic carbocycles. The summed E-state index contributed by atoms with van der Waals surface area (Å²) in [5.41, 5.74) is 12.1. The zero-order chi connectivity index (χ0) is 25.8. The molecule has 1 atom stereocenters. The van der Waals surface area contributed by atoms with Crippen molar-refractivity contribution in [2.75, 3.05) is 30.4 Å². The number of thioether (sulfide) groups is 1. The Hall–Kier alpha value is -3.54. The number of nitrogens with one attached hydrogen (secondary N) is 2. The fourth-order valence-electron chi connectivity index (χ4n) is 3.18. The Morgan fingerprint density at radius 2 is 1.91 bits per heavy atom. The molecular formula is C23H31N5O6S. The SMILES string of the molecule is CCOC(=O)CC[C@H](NC(=O)c1cccc(CCCSc2c(N)nc(N)[nH]c2=O)c1)C(=O)OCC. The van der Waals surface area contributed by atoms with E-state index in [-0.39, 0.29) is 43.4 Å². The van der Waals surface area contributed by atoms with Gasteiger partial charge in [-0.05, 0) is 56.6 Å². The highest BCUT2D eigenvalue weighted by Gasteiger charge is 2.24. The molecule has 0 saturated carbocycles. The van der Waals surface area contributed by atoms with Crippen LogP contribution in [0.2, 0.25) is 0 Å². The second-order valence-electron chi connectivity index (χ2n) is 7.44. The molecule has 1 amide bonds. The van der Waals surface area contributed by atoms with E-state index in [2.05, 4.69) is 15.3 Å². The summed E-state index contributed by atoms with van der Waals surface area (Å²) >= 11 is 1.28. The van der Waals surface area contributed by atoms with Crippen molar-refractivity contribution in [1.82, 2.24) is 15.3 Å². The maximum Gasteiger partial charge on any atom is 0.328 e. The fourth-order valence-corrected chi connectivity index (χ4v) is 4.05. The molecular weight excluding hydrogens is 474 g/mol. The summed E-state index contributed by atoms with van der Waals surface area (Å²) in [6.07, 6.45) is 1.41. The van der Waals surface area contributed by atoms with Gasteiger partial charge in [0.05, 0.1) is 13.2 Å². The van der Waals surface area contributed by atoms with Gasteiger partial charge in [0, 0.05) is 12.0 Å². The molecule has 12 heteroatoms. The molecule has 0 unspecified atom stereocenters. The lowest BCUT2D eigenvalue weighted by Gasteiger charge is -2.17. The third-order valence-corrected chi connectivity index (χ3v) is 5.96. The highest BCUT2D eigenvalue weighted by Crippen LogP contribution is 2.21. The number of hydrogen-bond acceptors (Lipinski definition) is 10. The summed E-state index contributed by atoms with van der Waals surface area (Å²) in [4.78, 5) is 55.3. The molecule has 2 rings (SSSR count). The van der Waals surface area contributed by atoms with E-state index in [1.165, 1.54) is 11.8 Å². The number of nitrogens with zero attached hydrogens (tertiary/aromatic N) is 1. The Bertz CT molecular complexity index is 1090. The van der Waals surface area contributed by atoms with Gasteiger partial charge in [-0.25, -0.2) is 4.79 Å². The molecule has 0 aliphatic heterocycles. The van der Waals surface area contributed by atoms with Crippen LogP contribution in [0.3, 0.4) is 0 Å². The number of rotatable bonds is 13. The molecule has 2 aromatic rings. The lowest BCUT2D eigenvalue weighted by Crippen LogP contribution is -2.42. The highest BCUT2D eigenvalue weighted by molar-refractivity contribution is 7.99. The van der Waals surface area contributed by atoms with Gasteiger partial charge in [0.1, 0.15) is 16.8 Å². The van der Waals surface area contributed by atoms with Gasteiger partial charge in [-0.3, -0.25) is 19.4 Å². The number of H-pyrrole nitrogens is 1. The average molecular weight is 506 g/mol. The Balaban J connectivity index is 1.95. The van der Waals surface area contributed by atoms with E-state index in [9.17, 15) is 19.2 Å². The highest BCUT2D eigenvalue weighted by atomic mass is 32.2. The van der Waals surface area contributed by atoms with E-state index in [0.717, 1.165) is 5.56 Å². The second-order valence-corrected chi connectivity index (χ2v) is 8.54. The third-order valence-electron chi connectivity index (χ3n) is 4.79. The van der Waals surface area contributed by atoms with E-state index in [0.29, 0.717) is 29.1 Å². The zero-order valence-corrected chi connectivity index (χ0v) is 20.6. The first kappa shape index (κ1) is 27.7. The Morgan fingerprint density at radius 3 is 2.60 bits per heavy atom. The third kappa shape index (κ3) is 8.96. The summed E-state index contributed by atoms with van der Waals surface area (Å²) in [6.45, 7) is 3.75. The predicted molar refractivity (Wildman–Crippen MR) is 133 cm³/mol. The number of hydrogen-bond donors (Lipinski definition) is 4. The van der Waals surface area contributed by atoms with Crippen LogP contribution in [-0.2, 0) is 25.5 Å².